The van der Waals surface area contributed by atoms with Crippen molar-refractivity contribution >= 4 is 34.0 Å². The van der Waals surface area contributed by atoms with Crippen LogP contribution in [0.3, 0.4) is 0 Å². The van der Waals surface area contributed by atoms with Crippen molar-refractivity contribution in [3.05, 3.63) is 52.0 Å². The third-order valence-corrected chi connectivity index (χ3v) is 8.06. The second-order valence-corrected chi connectivity index (χ2v) is 10.5. The molecule has 2 aromatic carbocycles. The third kappa shape index (κ3) is 5.67. The van der Waals surface area contributed by atoms with E-state index in [0.717, 1.165) is 46.9 Å². The van der Waals surface area contributed by atoms with Gasteiger partial charge in [0.25, 0.3) is 0 Å². The Morgan fingerprint density at radius 2 is 1.58 bits per heavy atom. The molecule has 178 valence electrons. The van der Waals surface area contributed by atoms with Gasteiger partial charge in [-0.3, -0.25) is 0 Å². The highest BCUT2D eigenvalue weighted by molar-refractivity contribution is 7.71. The fraction of sp³-hybridized carbons (Fsp3) is 0.567. The van der Waals surface area contributed by atoms with Crippen LogP contribution in [0, 0.1) is 16.4 Å². The number of hydrogen-bond acceptors (Lipinski definition) is 2. The molecular formula is C30H39FOS. The van der Waals surface area contributed by atoms with Crippen molar-refractivity contribution in [3.63, 3.8) is 0 Å². The molecule has 0 N–H and O–H groups in total. The van der Waals surface area contributed by atoms with Crippen LogP contribution >= 0.6 is 12.2 Å². The average Bonchev–Trinajstić information content (AvgIpc) is 2.84. The maximum atomic E-state index is 15.3. The van der Waals surface area contributed by atoms with Gasteiger partial charge in [0.2, 0.25) is 0 Å². The van der Waals surface area contributed by atoms with E-state index in [2.05, 4.69) is 32.0 Å². The second kappa shape index (κ2) is 11.6. The van der Waals surface area contributed by atoms with Crippen LogP contribution in [0.4, 0.5) is 4.39 Å². The normalized spacial score (nSPS) is 18.9. The van der Waals surface area contributed by atoms with E-state index in [1.165, 1.54) is 69.8 Å². The average molecular weight is 467 g/mol. The van der Waals surface area contributed by atoms with Gasteiger partial charge in [-0.25, -0.2) is 4.39 Å². The number of unbranched alkanes of at least 4 members (excludes halogenated alkanes) is 5. The summed E-state index contributed by atoms with van der Waals surface area (Å²) in [6.07, 6.45) is 15.8. The Labute approximate surface area is 203 Å². The van der Waals surface area contributed by atoms with Gasteiger partial charge in [0.05, 0.1) is 0 Å². The van der Waals surface area contributed by atoms with Gasteiger partial charge in [0, 0.05) is 10.8 Å². The third-order valence-electron chi connectivity index (χ3n) is 7.76. The maximum absolute atomic E-state index is 15.3. The molecule has 0 atom stereocenters. The summed E-state index contributed by atoms with van der Waals surface area (Å²) in [5, 5.41) is 2.80. The molecule has 33 heavy (non-hydrogen) atoms. The molecule has 1 heterocycles. The van der Waals surface area contributed by atoms with Crippen LogP contribution in [0.25, 0.3) is 21.7 Å². The van der Waals surface area contributed by atoms with Crippen molar-refractivity contribution < 1.29 is 8.81 Å². The highest BCUT2D eigenvalue weighted by Gasteiger charge is 2.23. The van der Waals surface area contributed by atoms with E-state index in [9.17, 15) is 0 Å². The van der Waals surface area contributed by atoms with Gasteiger partial charge in [0.15, 0.2) is 16.1 Å². The lowest BCUT2D eigenvalue weighted by Crippen LogP contribution is -2.13. The van der Waals surface area contributed by atoms with Crippen LogP contribution in [-0.2, 0) is 6.42 Å². The topological polar surface area (TPSA) is 13.1 Å². The van der Waals surface area contributed by atoms with Crippen LogP contribution in [0.2, 0.25) is 0 Å². The number of benzene rings is 2. The number of aryl methyl sites for hydroxylation is 1. The standard InChI is InChI=1S/C30H39FOS/c1-3-5-7-8-9-11-23-16-19-26-25-18-17-24(20-27(25)30(33)32-29(26)28(23)31)22-14-12-21(13-15-22)10-6-4-2/h16-22H,3-15H2,1-2H3. The van der Waals surface area contributed by atoms with Gasteiger partial charge in [0.1, 0.15) is 0 Å². The molecule has 1 fully saturated rings. The van der Waals surface area contributed by atoms with Crippen LogP contribution in [0.15, 0.2) is 34.7 Å². The fourth-order valence-corrected chi connectivity index (χ4v) is 5.92. The Bertz CT molecular complexity index is 1120. The van der Waals surface area contributed by atoms with Gasteiger partial charge in [-0.15, -0.1) is 0 Å². The fourth-order valence-electron chi connectivity index (χ4n) is 5.67. The number of halogens is 1. The molecule has 3 heteroatoms. The molecule has 0 unspecified atom stereocenters. The van der Waals surface area contributed by atoms with Crippen LogP contribution in [-0.4, -0.2) is 0 Å². The summed E-state index contributed by atoms with van der Waals surface area (Å²) in [7, 11) is 0. The quantitative estimate of drug-likeness (QED) is 0.167. The smallest absolute Gasteiger partial charge is 0.198 e. The predicted molar refractivity (Wildman–Crippen MR) is 141 cm³/mol. The minimum Gasteiger partial charge on any atom is -0.441 e. The maximum Gasteiger partial charge on any atom is 0.198 e. The first-order chi connectivity index (χ1) is 16.1. The zero-order valence-corrected chi connectivity index (χ0v) is 21.2. The summed E-state index contributed by atoms with van der Waals surface area (Å²) in [6.45, 7) is 4.49. The Morgan fingerprint density at radius 1 is 0.848 bits per heavy atom. The van der Waals surface area contributed by atoms with Crippen molar-refractivity contribution in [2.45, 2.75) is 103 Å². The summed E-state index contributed by atoms with van der Waals surface area (Å²) < 4.78 is 21.7. The largest absolute Gasteiger partial charge is 0.441 e. The first kappa shape index (κ1) is 24.4. The van der Waals surface area contributed by atoms with E-state index in [1.54, 1.807) is 0 Å². The van der Waals surface area contributed by atoms with Gasteiger partial charge >= 0.3 is 0 Å². The summed E-state index contributed by atoms with van der Waals surface area (Å²) in [5.41, 5.74) is 2.43. The van der Waals surface area contributed by atoms with E-state index >= 15 is 4.39 Å². The van der Waals surface area contributed by atoms with Gasteiger partial charge < -0.3 is 4.42 Å². The first-order valence-corrected chi connectivity index (χ1v) is 13.7. The van der Waals surface area contributed by atoms with E-state index in [-0.39, 0.29) is 5.82 Å². The zero-order valence-electron chi connectivity index (χ0n) is 20.4. The van der Waals surface area contributed by atoms with Crippen molar-refractivity contribution in [3.8, 4) is 0 Å². The van der Waals surface area contributed by atoms with Gasteiger partial charge in [-0.2, -0.15) is 0 Å². The van der Waals surface area contributed by atoms with E-state index < -0.39 is 0 Å². The molecule has 4 rings (SSSR count). The zero-order chi connectivity index (χ0) is 23.2. The highest BCUT2D eigenvalue weighted by atomic mass is 32.1. The lowest BCUT2D eigenvalue weighted by atomic mass is 9.77. The molecule has 0 bridgehead atoms. The summed E-state index contributed by atoms with van der Waals surface area (Å²) in [5.74, 6) is 1.27. The number of hydrogen-bond donors (Lipinski definition) is 0. The van der Waals surface area contributed by atoms with Crippen molar-refractivity contribution in [1.82, 2.24) is 0 Å². The minimum atomic E-state index is -0.231. The Morgan fingerprint density at radius 3 is 2.33 bits per heavy atom. The Balaban J connectivity index is 1.55. The van der Waals surface area contributed by atoms with Crippen molar-refractivity contribution in [2.24, 2.45) is 5.92 Å². The van der Waals surface area contributed by atoms with E-state index in [1.807, 2.05) is 12.1 Å². The van der Waals surface area contributed by atoms with Gasteiger partial charge in [-0.1, -0.05) is 83.1 Å². The molecule has 3 aromatic rings. The molecule has 0 spiro atoms. The minimum absolute atomic E-state index is 0.231. The molecule has 1 aromatic heterocycles. The summed E-state index contributed by atoms with van der Waals surface area (Å²) in [4.78, 5) is 0. The molecular weight excluding hydrogens is 427 g/mol. The Kier molecular flexibility index (Phi) is 8.57. The predicted octanol–water partition coefficient (Wildman–Crippen LogP) is 10.4. The molecule has 1 aliphatic carbocycles. The van der Waals surface area contributed by atoms with Crippen molar-refractivity contribution in [2.75, 3.05) is 0 Å². The number of fused-ring (bicyclic) bond motifs is 3. The molecule has 0 amide bonds. The monoisotopic (exact) mass is 466 g/mol. The highest BCUT2D eigenvalue weighted by Crippen LogP contribution is 2.39. The molecule has 1 nitrogen and oxygen atoms in total. The molecule has 0 radical (unpaired) electrons. The molecule has 1 aliphatic rings. The second-order valence-electron chi connectivity index (χ2n) is 10.1. The molecule has 0 aliphatic heterocycles. The number of rotatable bonds is 10. The van der Waals surface area contributed by atoms with Crippen LogP contribution in [0.1, 0.15) is 108 Å². The van der Waals surface area contributed by atoms with E-state index in [4.69, 9.17) is 16.6 Å². The Hall–Kier alpha value is -1.74. The summed E-state index contributed by atoms with van der Waals surface area (Å²) in [6, 6.07) is 10.6. The lowest BCUT2D eigenvalue weighted by Gasteiger charge is -2.29. The van der Waals surface area contributed by atoms with Gasteiger partial charge in [-0.05, 0) is 85.2 Å². The molecule has 1 saturated carbocycles. The van der Waals surface area contributed by atoms with Crippen LogP contribution in [0.5, 0.6) is 0 Å². The first-order valence-electron chi connectivity index (χ1n) is 13.3. The molecule has 0 saturated heterocycles. The lowest BCUT2D eigenvalue weighted by molar-refractivity contribution is 0.304. The van der Waals surface area contributed by atoms with Crippen molar-refractivity contribution in [1.29, 1.82) is 0 Å². The van der Waals surface area contributed by atoms with Crippen LogP contribution < -0.4 is 0 Å². The summed E-state index contributed by atoms with van der Waals surface area (Å²) >= 11 is 5.61. The van der Waals surface area contributed by atoms with E-state index in [0.29, 0.717) is 16.2 Å². The SMILES string of the molecule is CCCCCCCc1ccc2c(oc(=S)c3cc(C4CCC(CCCC)CC4)ccc32)c1F.